The Balaban J connectivity index is 1.87. The Labute approximate surface area is 152 Å². The van der Waals surface area contributed by atoms with Crippen LogP contribution in [0.4, 0.5) is 5.95 Å². The van der Waals surface area contributed by atoms with Crippen LogP contribution < -0.4 is 10.5 Å². The van der Waals surface area contributed by atoms with Crippen molar-refractivity contribution in [3.8, 4) is 5.75 Å². The van der Waals surface area contributed by atoms with E-state index in [1.165, 1.54) is 0 Å². The van der Waals surface area contributed by atoms with Gasteiger partial charge >= 0.3 is 0 Å². The van der Waals surface area contributed by atoms with Crippen molar-refractivity contribution in [1.29, 1.82) is 0 Å². The van der Waals surface area contributed by atoms with E-state index in [2.05, 4.69) is 28.8 Å². The number of ketones is 1. The summed E-state index contributed by atoms with van der Waals surface area (Å²) in [6.07, 6.45) is 0.853. The molecule has 6 nitrogen and oxygen atoms in total. The summed E-state index contributed by atoms with van der Waals surface area (Å²) < 4.78 is 5.31. The fourth-order valence-corrected chi connectivity index (χ4v) is 2.84. The molecule has 0 spiro atoms. The van der Waals surface area contributed by atoms with E-state index >= 15 is 0 Å². The van der Waals surface area contributed by atoms with Crippen LogP contribution >= 0.6 is 0 Å². The molecule has 0 saturated heterocycles. The first-order valence-corrected chi connectivity index (χ1v) is 8.59. The number of fused-ring (bicyclic) bond motifs is 1. The normalized spacial score (nSPS) is 11.1. The van der Waals surface area contributed by atoms with Crippen LogP contribution in [0.2, 0.25) is 0 Å². The number of nitrogens with zero attached hydrogens (tertiary/aromatic N) is 3. The fourth-order valence-electron chi connectivity index (χ4n) is 2.84. The van der Waals surface area contributed by atoms with Crippen LogP contribution in [0.5, 0.6) is 5.75 Å². The molecule has 0 radical (unpaired) electrons. The molecule has 134 valence electrons. The molecule has 0 aliphatic heterocycles. The number of rotatable bonds is 6. The first kappa shape index (κ1) is 17.8. The number of carbonyl (C=O) groups is 1. The molecular formula is C20H22N4O2. The molecule has 0 atom stereocenters. The van der Waals surface area contributed by atoms with E-state index in [9.17, 15) is 4.79 Å². The SMILES string of the molecule is COc1cccc2c(C(=O)CCc3cccc(C(C)C)n3)nc(N)nc12. The molecule has 0 unspecified atom stereocenters. The molecule has 2 heterocycles. The zero-order valence-electron chi connectivity index (χ0n) is 15.2. The highest BCUT2D eigenvalue weighted by Crippen LogP contribution is 2.27. The van der Waals surface area contributed by atoms with Gasteiger partial charge in [-0.15, -0.1) is 0 Å². The number of benzene rings is 1. The second kappa shape index (κ2) is 7.47. The zero-order valence-corrected chi connectivity index (χ0v) is 15.2. The van der Waals surface area contributed by atoms with Crippen LogP contribution in [0.15, 0.2) is 36.4 Å². The summed E-state index contributed by atoms with van der Waals surface area (Å²) in [6.45, 7) is 4.20. The van der Waals surface area contributed by atoms with E-state index in [0.717, 1.165) is 11.4 Å². The first-order chi connectivity index (χ1) is 12.5. The van der Waals surface area contributed by atoms with Crippen molar-refractivity contribution in [3.63, 3.8) is 0 Å². The quantitative estimate of drug-likeness (QED) is 0.684. The van der Waals surface area contributed by atoms with Crippen molar-refractivity contribution in [2.75, 3.05) is 12.8 Å². The lowest BCUT2D eigenvalue weighted by Gasteiger charge is -2.09. The lowest BCUT2D eigenvalue weighted by atomic mass is 10.0. The molecule has 0 amide bonds. The second-order valence-corrected chi connectivity index (χ2v) is 6.42. The van der Waals surface area contributed by atoms with Crippen LogP contribution in [-0.4, -0.2) is 27.8 Å². The summed E-state index contributed by atoms with van der Waals surface area (Å²) in [6, 6.07) is 11.3. The molecule has 3 aromatic rings. The summed E-state index contributed by atoms with van der Waals surface area (Å²) in [5.74, 6) is 0.889. The van der Waals surface area contributed by atoms with E-state index in [1.54, 1.807) is 13.2 Å². The van der Waals surface area contributed by atoms with Crippen LogP contribution in [0.1, 0.15) is 48.1 Å². The topological polar surface area (TPSA) is 91.0 Å². The van der Waals surface area contributed by atoms with Crippen LogP contribution in [0, 0.1) is 0 Å². The summed E-state index contributed by atoms with van der Waals surface area (Å²) in [5, 5.41) is 0.646. The maximum absolute atomic E-state index is 12.8. The third-order valence-electron chi connectivity index (χ3n) is 4.22. The first-order valence-electron chi connectivity index (χ1n) is 8.59. The molecule has 0 aliphatic carbocycles. The van der Waals surface area contributed by atoms with Gasteiger partial charge in [-0.3, -0.25) is 9.78 Å². The minimum atomic E-state index is -0.0888. The molecule has 3 rings (SSSR count). The Morgan fingerprint density at radius 3 is 2.62 bits per heavy atom. The molecule has 2 N–H and O–H groups in total. The van der Waals surface area contributed by atoms with Crippen LogP contribution in [-0.2, 0) is 6.42 Å². The Morgan fingerprint density at radius 1 is 1.12 bits per heavy atom. The predicted molar refractivity (Wildman–Crippen MR) is 101 cm³/mol. The van der Waals surface area contributed by atoms with Crippen LogP contribution in [0.25, 0.3) is 10.9 Å². The summed E-state index contributed by atoms with van der Waals surface area (Å²) >= 11 is 0. The van der Waals surface area contributed by atoms with Crippen LogP contribution in [0.3, 0.4) is 0 Å². The van der Waals surface area contributed by atoms with Gasteiger partial charge in [0.15, 0.2) is 5.78 Å². The molecule has 0 fully saturated rings. The average Bonchev–Trinajstić information content (AvgIpc) is 2.65. The van der Waals surface area contributed by atoms with Crippen molar-refractivity contribution in [3.05, 3.63) is 53.5 Å². The number of nitrogens with two attached hydrogens (primary N) is 1. The van der Waals surface area contributed by atoms with Gasteiger partial charge < -0.3 is 10.5 Å². The highest BCUT2D eigenvalue weighted by molar-refractivity contribution is 6.07. The van der Waals surface area contributed by atoms with Crippen molar-refractivity contribution in [2.45, 2.75) is 32.6 Å². The van der Waals surface area contributed by atoms with Crippen molar-refractivity contribution < 1.29 is 9.53 Å². The molecule has 0 saturated carbocycles. The average molecular weight is 350 g/mol. The monoisotopic (exact) mass is 350 g/mol. The highest BCUT2D eigenvalue weighted by atomic mass is 16.5. The number of carbonyl (C=O) groups excluding carboxylic acids is 1. The third kappa shape index (κ3) is 3.64. The number of anilines is 1. The van der Waals surface area contributed by atoms with Gasteiger partial charge in [-0.1, -0.05) is 32.0 Å². The van der Waals surface area contributed by atoms with E-state index < -0.39 is 0 Å². The van der Waals surface area contributed by atoms with Gasteiger partial charge in [0.05, 0.1) is 7.11 Å². The lowest BCUT2D eigenvalue weighted by molar-refractivity contribution is 0.0979. The number of pyridine rings is 1. The highest BCUT2D eigenvalue weighted by Gasteiger charge is 2.17. The summed E-state index contributed by atoms with van der Waals surface area (Å²) in [7, 11) is 1.56. The van der Waals surface area contributed by atoms with Crippen molar-refractivity contribution in [2.24, 2.45) is 0 Å². The number of ether oxygens (including phenoxy) is 1. The van der Waals surface area contributed by atoms with Crippen molar-refractivity contribution in [1.82, 2.24) is 15.0 Å². The van der Waals surface area contributed by atoms with E-state index in [0.29, 0.717) is 41.1 Å². The number of hydrogen-bond donors (Lipinski definition) is 1. The molecule has 1 aromatic carbocycles. The number of hydrogen-bond acceptors (Lipinski definition) is 6. The zero-order chi connectivity index (χ0) is 18.7. The summed E-state index contributed by atoms with van der Waals surface area (Å²) in [4.78, 5) is 25.8. The van der Waals surface area contributed by atoms with E-state index in [-0.39, 0.29) is 11.7 Å². The lowest BCUT2D eigenvalue weighted by Crippen LogP contribution is -2.09. The van der Waals surface area contributed by atoms with Gasteiger partial charge in [-0.25, -0.2) is 9.97 Å². The summed E-state index contributed by atoms with van der Waals surface area (Å²) in [5.41, 5.74) is 8.60. The predicted octanol–water partition coefficient (Wildman–Crippen LogP) is 3.55. The van der Waals surface area contributed by atoms with Gasteiger partial charge in [0.2, 0.25) is 5.95 Å². The molecule has 26 heavy (non-hydrogen) atoms. The largest absolute Gasteiger partial charge is 0.494 e. The van der Waals surface area contributed by atoms with Gasteiger partial charge in [0, 0.05) is 23.2 Å². The molecule has 2 aromatic heterocycles. The number of para-hydroxylation sites is 1. The minimum absolute atomic E-state index is 0.0604. The number of aromatic nitrogens is 3. The second-order valence-electron chi connectivity index (χ2n) is 6.42. The standard InChI is InChI=1S/C20H22N4O2/c1-12(2)15-8-4-6-13(22-15)10-11-16(25)18-14-7-5-9-17(26-3)19(14)24-20(21)23-18/h4-9,12H,10-11H2,1-3H3,(H2,21,23,24). The smallest absolute Gasteiger partial charge is 0.221 e. The van der Waals surface area contributed by atoms with Gasteiger partial charge in [0.1, 0.15) is 17.0 Å². The number of aryl methyl sites for hydroxylation is 1. The van der Waals surface area contributed by atoms with Gasteiger partial charge in [-0.2, -0.15) is 0 Å². The number of Topliss-reactive ketones (excluding diaryl/α,β-unsaturated/α-hetero) is 1. The maximum atomic E-state index is 12.8. The number of methoxy groups -OCH3 is 1. The molecule has 0 bridgehead atoms. The van der Waals surface area contributed by atoms with E-state index in [4.69, 9.17) is 10.5 Å². The fraction of sp³-hybridized carbons (Fsp3) is 0.300. The van der Waals surface area contributed by atoms with Gasteiger partial charge in [0.25, 0.3) is 0 Å². The molecule has 6 heteroatoms. The third-order valence-corrected chi connectivity index (χ3v) is 4.22. The Hall–Kier alpha value is -3.02. The minimum Gasteiger partial charge on any atom is -0.494 e. The Kier molecular flexibility index (Phi) is 5.11. The number of nitrogen functional groups attached to an aromatic ring is 1. The Bertz CT molecular complexity index is 954. The van der Waals surface area contributed by atoms with E-state index in [1.807, 2.05) is 30.3 Å². The maximum Gasteiger partial charge on any atom is 0.221 e. The molecule has 0 aliphatic rings. The van der Waals surface area contributed by atoms with Gasteiger partial charge in [-0.05, 0) is 30.5 Å². The molecular weight excluding hydrogens is 328 g/mol. The van der Waals surface area contributed by atoms with Crippen molar-refractivity contribution >= 4 is 22.6 Å². The Morgan fingerprint density at radius 2 is 1.88 bits per heavy atom.